The molecule has 0 atom stereocenters. The molecule has 1 aromatic heterocycles. The lowest BCUT2D eigenvalue weighted by atomic mass is 10.1. The molecular formula is C14H17ClN3O2S+. The lowest BCUT2D eigenvalue weighted by molar-refractivity contribution is -0.929. The number of aliphatic hydroxyl groups is 1. The van der Waals surface area contributed by atoms with Crippen LogP contribution in [0.5, 0.6) is 0 Å². The van der Waals surface area contributed by atoms with Crippen molar-refractivity contribution in [1.82, 2.24) is 9.78 Å². The molecule has 0 amide bonds. The molecule has 112 valence electrons. The Labute approximate surface area is 132 Å². The molecule has 2 N–H and O–H groups in total. The van der Waals surface area contributed by atoms with Crippen molar-refractivity contribution in [3.63, 3.8) is 0 Å². The highest BCUT2D eigenvalue weighted by atomic mass is 35.5. The third-order valence-electron chi connectivity index (χ3n) is 3.71. The van der Waals surface area contributed by atoms with Gasteiger partial charge in [-0.2, -0.15) is 4.68 Å². The molecule has 5 nitrogen and oxygen atoms in total. The summed E-state index contributed by atoms with van der Waals surface area (Å²) in [5.41, 5.74) is 0.816. The summed E-state index contributed by atoms with van der Waals surface area (Å²) in [6.45, 7) is 2.50. The first kappa shape index (κ1) is 14.7. The molecule has 0 spiro atoms. The third kappa shape index (κ3) is 3.52. The molecule has 2 heterocycles. The number of aromatic nitrogens is 2. The number of halogens is 1. The molecule has 0 saturated carbocycles. The smallest absolute Gasteiger partial charge is 0.292 e. The lowest BCUT2D eigenvalue weighted by Gasteiger charge is -2.25. The van der Waals surface area contributed by atoms with Crippen molar-refractivity contribution in [2.24, 2.45) is 0 Å². The van der Waals surface area contributed by atoms with Crippen molar-refractivity contribution >= 4 is 23.8 Å². The zero-order chi connectivity index (χ0) is 14.8. The zero-order valence-corrected chi connectivity index (χ0v) is 13.0. The van der Waals surface area contributed by atoms with Crippen LogP contribution in [0.3, 0.4) is 0 Å². The third-order valence-corrected chi connectivity index (χ3v) is 4.24. The highest BCUT2D eigenvalue weighted by molar-refractivity contribution is 7.71. The maximum atomic E-state index is 9.54. The summed E-state index contributed by atoms with van der Waals surface area (Å²) in [5, 5.41) is 14.6. The molecule has 2 aromatic rings. The van der Waals surface area contributed by atoms with Gasteiger partial charge in [-0.05, 0) is 30.4 Å². The van der Waals surface area contributed by atoms with Gasteiger partial charge in [0.25, 0.3) is 4.84 Å². The molecule has 7 heteroatoms. The number of quaternary nitrogens is 1. The summed E-state index contributed by atoms with van der Waals surface area (Å²) in [6.07, 6.45) is 1.48. The van der Waals surface area contributed by atoms with Gasteiger partial charge in [-0.1, -0.05) is 17.7 Å². The van der Waals surface area contributed by atoms with Gasteiger partial charge in [-0.15, -0.1) is 5.10 Å². The van der Waals surface area contributed by atoms with Crippen LogP contribution in [0.25, 0.3) is 11.5 Å². The van der Waals surface area contributed by atoms with Crippen LogP contribution in [0, 0.1) is 4.84 Å². The van der Waals surface area contributed by atoms with E-state index in [0.29, 0.717) is 22.4 Å². The summed E-state index contributed by atoms with van der Waals surface area (Å²) >= 11 is 11.2. The Morgan fingerprint density at radius 2 is 2.19 bits per heavy atom. The Morgan fingerprint density at radius 1 is 1.43 bits per heavy atom. The second-order valence-electron chi connectivity index (χ2n) is 5.32. The number of aliphatic hydroxyl groups excluding tert-OH is 1. The summed E-state index contributed by atoms with van der Waals surface area (Å²) in [5.74, 6) is 0.485. The lowest BCUT2D eigenvalue weighted by Crippen LogP contribution is -3.12. The van der Waals surface area contributed by atoms with E-state index in [1.54, 1.807) is 16.8 Å². The number of piperidine rings is 1. The van der Waals surface area contributed by atoms with E-state index in [4.69, 9.17) is 28.2 Å². The maximum Gasteiger partial charge on any atom is 0.292 e. The normalized spacial score (nSPS) is 22.4. The number of nitrogens with one attached hydrogen (secondary N) is 1. The molecule has 1 saturated heterocycles. The SMILES string of the molecule is OC1CC[NH+](Cn2nc(-c3cccc(Cl)c3)oc2=S)CC1. The van der Waals surface area contributed by atoms with Gasteiger partial charge in [0.15, 0.2) is 6.67 Å². The van der Waals surface area contributed by atoms with Gasteiger partial charge >= 0.3 is 0 Å². The van der Waals surface area contributed by atoms with Crippen LogP contribution in [-0.4, -0.2) is 34.1 Å². The number of hydrogen-bond donors (Lipinski definition) is 2. The fraction of sp³-hybridized carbons (Fsp3) is 0.429. The summed E-state index contributed by atoms with van der Waals surface area (Å²) in [7, 11) is 0. The molecule has 0 unspecified atom stereocenters. The topological polar surface area (TPSA) is 55.6 Å². The van der Waals surface area contributed by atoms with Gasteiger partial charge in [0.05, 0.1) is 19.2 Å². The number of nitrogens with zero attached hydrogens (tertiary/aromatic N) is 2. The van der Waals surface area contributed by atoms with Crippen molar-refractivity contribution in [3.8, 4) is 11.5 Å². The van der Waals surface area contributed by atoms with Crippen molar-refractivity contribution in [2.75, 3.05) is 13.1 Å². The molecule has 1 aromatic carbocycles. The second-order valence-corrected chi connectivity index (χ2v) is 6.11. The standard InChI is InChI=1S/C14H16ClN3O2S/c15-11-3-1-2-10(8-11)13-16-18(14(21)20-13)9-17-6-4-12(19)5-7-17/h1-3,8,12,19H,4-7,9H2/p+1. The summed E-state index contributed by atoms with van der Waals surface area (Å²) in [4.78, 5) is 1.71. The Morgan fingerprint density at radius 3 is 2.90 bits per heavy atom. The van der Waals surface area contributed by atoms with Gasteiger partial charge in [-0.3, -0.25) is 0 Å². The van der Waals surface area contributed by atoms with Crippen molar-refractivity contribution in [1.29, 1.82) is 0 Å². The highest BCUT2D eigenvalue weighted by Gasteiger charge is 2.21. The van der Waals surface area contributed by atoms with Crippen molar-refractivity contribution < 1.29 is 14.4 Å². The molecule has 0 bridgehead atoms. The van der Waals surface area contributed by atoms with Crippen molar-refractivity contribution in [3.05, 3.63) is 34.1 Å². The fourth-order valence-corrected chi connectivity index (χ4v) is 2.90. The van der Waals surface area contributed by atoms with Gasteiger partial charge in [0.1, 0.15) is 0 Å². The molecule has 1 aliphatic rings. The number of likely N-dealkylation sites (tertiary alicyclic amines) is 1. The minimum atomic E-state index is -0.166. The first-order chi connectivity index (χ1) is 10.1. The molecule has 21 heavy (non-hydrogen) atoms. The van der Waals surface area contributed by atoms with Gasteiger partial charge in [-0.25, -0.2) is 0 Å². The fourth-order valence-electron chi connectivity index (χ4n) is 2.53. The Hall–Kier alpha value is -1.21. The summed E-state index contributed by atoms with van der Waals surface area (Å²) < 4.78 is 7.27. The van der Waals surface area contributed by atoms with Gasteiger partial charge in [0.2, 0.25) is 5.89 Å². The maximum absolute atomic E-state index is 9.54. The first-order valence-electron chi connectivity index (χ1n) is 6.97. The van der Waals surface area contributed by atoms with Crippen LogP contribution in [0.2, 0.25) is 5.02 Å². The number of benzene rings is 1. The van der Waals surface area contributed by atoms with Gasteiger partial charge < -0.3 is 14.4 Å². The average molecular weight is 327 g/mol. The van der Waals surface area contributed by atoms with Crippen LogP contribution >= 0.6 is 23.8 Å². The monoisotopic (exact) mass is 326 g/mol. The van der Waals surface area contributed by atoms with Gasteiger partial charge in [0, 0.05) is 23.4 Å². The predicted octanol–water partition coefficient (Wildman–Crippen LogP) is 1.52. The highest BCUT2D eigenvalue weighted by Crippen LogP contribution is 2.21. The van der Waals surface area contributed by atoms with Crippen LogP contribution < -0.4 is 4.90 Å². The van der Waals surface area contributed by atoms with Crippen LogP contribution in [0.4, 0.5) is 0 Å². The minimum Gasteiger partial charge on any atom is -0.409 e. The molecule has 3 rings (SSSR count). The van der Waals surface area contributed by atoms with Crippen LogP contribution in [-0.2, 0) is 6.67 Å². The predicted molar refractivity (Wildman–Crippen MR) is 81.7 cm³/mol. The van der Waals surface area contributed by atoms with Crippen LogP contribution in [0.1, 0.15) is 12.8 Å². The second kappa shape index (κ2) is 6.27. The largest absolute Gasteiger partial charge is 0.409 e. The molecule has 1 fully saturated rings. The Balaban J connectivity index is 1.77. The molecular weight excluding hydrogens is 310 g/mol. The summed E-state index contributed by atoms with van der Waals surface area (Å²) in [6, 6.07) is 7.35. The number of rotatable bonds is 3. The van der Waals surface area contributed by atoms with E-state index in [0.717, 1.165) is 31.5 Å². The molecule has 0 radical (unpaired) electrons. The van der Waals surface area contributed by atoms with E-state index in [2.05, 4.69) is 5.10 Å². The Bertz CT molecular complexity index is 677. The van der Waals surface area contributed by atoms with Crippen LogP contribution in [0.15, 0.2) is 28.7 Å². The minimum absolute atomic E-state index is 0.166. The Kier molecular flexibility index (Phi) is 4.40. The zero-order valence-electron chi connectivity index (χ0n) is 11.5. The van der Waals surface area contributed by atoms with E-state index in [-0.39, 0.29) is 6.10 Å². The number of hydrogen-bond acceptors (Lipinski definition) is 4. The van der Waals surface area contributed by atoms with E-state index < -0.39 is 0 Å². The van der Waals surface area contributed by atoms with Crippen molar-refractivity contribution in [2.45, 2.75) is 25.6 Å². The van der Waals surface area contributed by atoms with E-state index in [9.17, 15) is 5.11 Å². The molecule has 0 aliphatic carbocycles. The molecule has 1 aliphatic heterocycles. The average Bonchev–Trinajstić information content (AvgIpc) is 2.83. The van der Waals surface area contributed by atoms with E-state index in [1.807, 2.05) is 12.1 Å². The van der Waals surface area contributed by atoms with E-state index >= 15 is 0 Å². The van der Waals surface area contributed by atoms with E-state index in [1.165, 1.54) is 4.90 Å². The first-order valence-corrected chi connectivity index (χ1v) is 7.76. The quantitative estimate of drug-likeness (QED) is 0.840.